The maximum absolute atomic E-state index is 11.5. The molecule has 0 spiro atoms. The van der Waals surface area contributed by atoms with Gasteiger partial charge in [0.05, 0.1) is 6.54 Å². The van der Waals surface area contributed by atoms with Crippen molar-refractivity contribution in [3.05, 3.63) is 72.6 Å². The average Bonchev–Trinajstić information content (AvgIpc) is 3.13. The predicted octanol–water partition coefficient (Wildman–Crippen LogP) is 4.09. The number of thiocarbonyl (C=S) groups is 1. The maximum Gasteiger partial charge on any atom is 0.407 e. The van der Waals surface area contributed by atoms with Crippen molar-refractivity contribution >= 4 is 39.9 Å². The molecule has 0 unspecified atom stereocenters. The summed E-state index contributed by atoms with van der Waals surface area (Å²) in [5, 5.41) is 14.8. The van der Waals surface area contributed by atoms with E-state index in [0.29, 0.717) is 6.54 Å². The number of fused-ring (bicyclic) bond motifs is 1. The molecule has 3 aromatic rings. The fourth-order valence-electron chi connectivity index (χ4n) is 3.58. The molecule has 2 aromatic carbocycles. The van der Waals surface area contributed by atoms with Gasteiger partial charge in [-0.05, 0) is 29.9 Å². The van der Waals surface area contributed by atoms with Gasteiger partial charge in [0.2, 0.25) is 0 Å². The number of anilines is 1. The molecule has 2 N–H and O–H groups in total. The first kappa shape index (κ1) is 18.2. The second kappa shape index (κ2) is 7.82. The normalized spacial score (nSPS) is 18.8. The van der Waals surface area contributed by atoms with Gasteiger partial charge in [-0.15, -0.1) is 0 Å². The van der Waals surface area contributed by atoms with Crippen molar-refractivity contribution in [3.8, 4) is 0 Å². The molecule has 0 saturated carbocycles. The number of ether oxygens (including phenoxy) is 1. The number of carbonyl (C=O) groups is 1. The van der Waals surface area contributed by atoms with Crippen LogP contribution in [0.1, 0.15) is 11.5 Å². The lowest BCUT2D eigenvalue weighted by molar-refractivity contribution is 0.143. The molecule has 0 aliphatic carbocycles. The van der Waals surface area contributed by atoms with Crippen LogP contribution in [0.2, 0.25) is 0 Å². The van der Waals surface area contributed by atoms with Gasteiger partial charge in [0.25, 0.3) is 5.17 Å². The van der Waals surface area contributed by atoms with Crippen molar-refractivity contribution in [2.24, 2.45) is 0 Å². The summed E-state index contributed by atoms with van der Waals surface area (Å²) in [6.45, 7) is 0.655. The Kier molecular flexibility index (Phi) is 5.08. The number of carboxylic acid groups (broad SMARTS) is 1. The van der Waals surface area contributed by atoms with E-state index < -0.39 is 6.09 Å². The third kappa shape index (κ3) is 3.75. The lowest BCUT2D eigenvalue weighted by Gasteiger charge is -2.21. The molecule has 0 radical (unpaired) electrons. The first-order valence-corrected chi connectivity index (χ1v) is 9.36. The monoisotopic (exact) mass is 393 g/mol. The van der Waals surface area contributed by atoms with Gasteiger partial charge in [0.1, 0.15) is 6.10 Å². The molecule has 142 valence electrons. The summed E-state index contributed by atoms with van der Waals surface area (Å²) in [4.78, 5) is 17.0. The molecule has 4 rings (SSSR count). The van der Waals surface area contributed by atoms with Crippen molar-refractivity contribution in [1.82, 2.24) is 9.88 Å². The molecule has 1 aliphatic heterocycles. The summed E-state index contributed by atoms with van der Waals surface area (Å²) in [6.07, 6.45) is 2.21. The van der Waals surface area contributed by atoms with Crippen LogP contribution >= 0.6 is 12.2 Å². The summed E-state index contributed by atoms with van der Waals surface area (Å²) in [6, 6.07) is 17.5. The Morgan fingerprint density at radius 2 is 1.96 bits per heavy atom. The Labute approximate surface area is 167 Å². The zero-order chi connectivity index (χ0) is 19.5. The lowest BCUT2D eigenvalue weighted by Crippen LogP contribution is -2.30. The highest BCUT2D eigenvalue weighted by Gasteiger charge is 2.38. The van der Waals surface area contributed by atoms with E-state index >= 15 is 0 Å². The predicted molar refractivity (Wildman–Crippen MR) is 112 cm³/mol. The number of likely N-dealkylation sites (tertiary alicyclic amines) is 1. The summed E-state index contributed by atoms with van der Waals surface area (Å²) in [7, 11) is 0. The molecule has 1 amide bonds. The van der Waals surface area contributed by atoms with Crippen molar-refractivity contribution in [1.29, 1.82) is 0 Å². The summed E-state index contributed by atoms with van der Waals surface area (Å²) < 4.78 is 6.01. The fourth-order valence-corrected chi connectivity index (χ4v) is 3.81. The molecule has 0 bridgehead atoms. The topological polar surface area (TPSA) is 74.7 Å². The van der Waals surface area contributed by atoms with Crippen LogP contribution in [0.3, 0.4) is 0 Å². The minimum Gasteiger partial charge on any atom is -0.465 e. The van der Waals surface area contributed by atoms with Gasteiger partial charge < -0.3 is 20.1 Å². The SMILES string of the molecule is O=C(O)N1C[C@H](OC(=S)Nc2cccc3cnccc23)[C@H](c2ccccc2)C1. The molecule has 1 aliphatic rings. The van der Waals surface area contributed by atoms with E-state index in [1.807, 2.05) is 54.6 Å². The van der Waals surface area contributed by atoms with Gasteiger partial charge >= 0.3 is 6.09 Å². The number of nitrogens with zero attached hydrogens (tertiary/aromatic N) is 2. The van der Waals surface area contributed by atoms with Crippen molar-refractivity contribution in [2.75, 3.05) is 18.4 Å². The maximum atomic E-state index is 11.5. The van der Waals surface area contributed by atoms with E-state index in [0.717, 1.165) is 22.0 Å². The smallest absolute Gasteiger partial charge is 0.407 e. The Hall–Kier alpha value is -3.19. The van der Waals surface area contributed by atoms with Crippen molar-refractivity contribution in [2.45, 2.75) is 12.0 Å². The van der Waals surface area contributed by atoms with Gasteiger partial charge in [-0.25, -0.2) is 4.79 Å². The third-order valence-electron chi connectivity index (χ3n) is 4.94. The van der Waals surface area contributed by atoms with Gasteiger partial charge in [-0.2, -0.15) is 0 Å². The van der Waals surface area contributed by atoms with Crippen LogP contribution in [0.15, 0.2) is 67.0 Å². The molecule has 1 fully saturated rings. The molecular formula is C21H19N3O3S. The summed E-state index contributed by atoms with van der Waals surface area (Å²) >= 11 is 5.43. The van der Waals surface area contributed by atoms with Gasteiger partial charge in [0.15, 0.2) is 0 Å². The molecule has 7 heteroatoms. The van der Waals surface area contributed by atoms with Gasteiger partial charge in [0, 0.05) is 41.3 Å². The number of hydrogen-bond acceptors (Lipinski definition) is 4. The Morgan fingerprint density at radius 1 is 1.14 bits per heavy atom. The third-order valence-corrected chi connectivity index (χ3v) is 5.14. The van der Waals surface area contributed by atoms with Crippen molar-refractivity contribution < 1.29 is 14.6 Å². The lowest BCUT2D eigenvalue weighted by atomic mass is 9.96. The number of aromatic nitrogens is 1. The number of pyridine rings is 1. The number of hydrogen-bond donors (Lipinski definition) is 2. The van der Waals surface area contributed by atoms with Gasteiger partial charge in [-0.1, -0.05) is 42.5 Å². The second-order valence-corrected chi connectivity index (χ2v) is 7.05. The van der Waals surface area contributed by atoms with Crippen LogP contribution in [0.4, 0.5) is 10.5 Å². The molecule has 2 heterocycles. The molecule has 2 atom stereocenters. The first-order chi connectivity index (χ1) is 13.6. The molecule has 1 saturated heterocycles. The Balaban J connectivity index is 1.52. The summed E-state index contributed by atoms with van der Waals surface area (Å²) in [5.41, 5.74) is 1.87. The molecule has 1 aromatic heterocycles. The standard InChI is InChI=1S/C21H19N3O3S/c25-21(26)24-12-17(14-5-2-1-3-6-14)19(13-24)27-20(28)23-18-8-4-7-15-11-22-10-9-16(15)18/h1-11,17,19H,12-13H2,(H,23,28)(H,25,26)/t17-,19-/m0/s1. The molecule has 28 heavy (non-hydrogen) atoms. The highest BCUT2D eigenvalue weighted by molar-refractivity contribution is 7.80. The second-order valence-electron chi connectivity index (χ2n) is 6.68. The zero-order valence-corrected chi connectivity index (χ0v) is 15.8. The number of nitrogens with one attached hydrogen (secondary N) is 1. The first-order valence-electron chi connectivity index (χ1n) is 8.95. The van der Waals surface area contributed by atoms with E-state index in [2.05, 4.69) is 10.3 Å². The van der Waals surface area contributed by atoms with Gasteiger partial charge in [-0.3, -0.25) is 4.98 Å². The van der Waals surface area contributed by atoms with Crippen LogP contribution in [0.5, 0.6) is 0 Å². The average molecular weight is 393 g/mol. The van der Waals surface area contributed by atoms with E-state index in [4.69, 9.17) is 17.0 Å². The highest BCUT2D eigenvalue weighted by atomic mass is 32.1. The van der Waals surface area contributed by atoms with Crippen LogP contribution in [-0.4, -0.2) is 45.5 Å². The molecule has 6 nitrogen and oxygen atoms in total. The Morgan fingerprint density at radius 3 is 2.75 bits per heavy atom. The van der Waals surface area contributed by atoms with Crippen LogP contribution in [0, 0.1) is 0 Å². The van der Waals surface area contributed by atoms with Crippen LogP contribution in [0.25, 0.3) is 10.8 Å². The van der Waals surface area contributed by atoms with Crippen LogP contribution in [-0.2, 0) is 4.74 Å². The Bertz CT molecular complexity index is 1010. The fraction of sp³-hybridized carbons (Fsp3) is 0.190. The highest BCUT2D eigenvalue weighted by Crippen LogP contribution is 2.30. The van der Waals surface area contributed by atoms with E-state index in [1.165, 1.54) is 4.90 Å². The zero-order valence-electron chi connectivity index (χ0n) is 15.0. The number of amides is 1. The minimum atomic E-state index is -0.951. The quantitative estimate of drug-likeness (QED) is 0.653. The largest absolute Gasteiger partial charge is 0.465 e. The van der Waals surface area contributed by atoms with Crippen molar-refractivity contribution in [3.63, 3.8) is 0 Å². The van der Waals surface area contributed by atoms with E-state index in [1.54, 1.807) is 12.4 Å². The molecular weight excluding hydrogens is 374 g/mol. The number of rotatable bonds is 3. The minimum absolute atomic E-state index is 0.0752. The van der Waals surface area contributed by atoms with Crippen LogP contribution < -0.4 is 5.32 Å². The number of benzene rings is 2. The van der Waals surface area contributed by atoms with E-state index in [9.17, 15) is 9.90 Å². The van der Waals surface area contributed by atoms with E-state index in [-0.39, 0.29) is 23.7 Å². The summed E-state index contributed by atoms with van der Waals surface area (Å²) in [5.74, 6) is -0.0752.